The van der Waals surface area contributed by atoms with Crippen molar-refractivity contribution in [2.24, 2.45) is 5.41 Å². The van der Waals surface area contributed by atoms with Crippen molar-refractivity contribution in [3.8, 4) is 0 Å². The number of halogens is 1. The first-order valence-corrected chi connectivity index (χ1v) is 8.05. The Morgan fingerprint density at radius 3 is 2.40 bits per heavy atom. The SMILES string of the molecule is CCOC(C(NC)c1c(Br)cnn1C(C)C)C(C)(C)C. The summed E-state index contributed by atoms with van der Waals surface area (Å²) in [4.78, 5) is 0. The van der Waals surface area contributed by atoms with Crippen molar-refractivity contribution < 1.29 is 4.74 Å². The van der Waals surface area contributed by atoms with Crippen LogP contribution in [0.15, 0.2) is 10.7 Å². The molecule has 0 saturated heterocycles. The summed E-state index contributed by atoms with van der Waals surface area (Å²) in [7, 11) is 1.98. The van der Waals surface area contributed by atoms with Crippen molar-refractivity contribution in [3.63, 3.8) is 0 Å². The summed E-state index contributed by atoms with van der Waals surface area (Å²) in [5, 5.41) is 7.90. The van der Waals surface area contributed by atoms with Crippen LogP contribution < -0.4 is 5.32 Å². The van der Waals surface area contributed by atoms with E-state index in [1.165, 1.54) is 0 Å². The summed E-state index contributed by atoms with van der Waals surface area (Å²) in [6.07, 6.45) is 1.94. The summed E-state index contributed by atoms with van der Waals surface area (Å²) in [6.45, 7) is 13.7. The van der Waals surface area contributed by atoms with Gasteiger partial charge in [0, 0.05) is 12.6 Å². The molecule has 1 heterocycles. The van der Waals surface area contributed by atoms with Crippen LogP contribution in [0.3, 0.4) is 0 Å². The summed E-state index contributed by atoms with van der Waals surface area (Å²) in [5.74, 6) is 0. The Hall–Kier alpha value is -0.390. The minimum absolute atomic E-state index is 0.0369. The Morgan fingerprint density at radius 1 is 1.40 bits per heavy atom. The van der Waals surface area contributed by atoms with Gasteiger partial charge in [0.1, 0.15) is 0 Å². The average molecular weight is 346 g/mol. The van der Waals surface area contributed by atoms with E-state index in [2.05, 4.69) is 65.6 Å². The molecule has 116 valence electrons. The average Bonchev–Trinajstić information content (AvgIpc) is 2.70. The van der Waals surface area contributed by atoms with E-state index in [9.17, 15) is 0 Å². The number of likely N-dealkylation sites (N-methyl/N-ethyl adjacent to an activating group) is 1. The van der Waals surface area contributed by atoms with Gasteiger partial charge in [-0.2, -0.15) is 5.10 Å². The molecule has 0 saturated carbocycles. The number of aromatic nitrogens is 2. The van der Waals surface area contributed by atoms with Gasteiger partial charge in [-0.3, -0.25) is 4.68 Å². The standard InChI is InChI=1S/C15H28BrN3O/c1-8-20-14(15(4,5)6)12(17-7)13-11(16)9-18-19(13)10(2)3/h9-10,12,14,17H,8H2,1-7H3. The van der Waals surface area contributed by atoms with Gasteiger partial charge < -0.3 is 10.1 Å². The highest BCUT2D eigenvalue weighted by Crippen LogP contribution is 2.36. The molecule has 1 rings (SSSR count). The Balaban J connectivity index is 3.26. The van der Waals surface area contributed by atoms with Crippen molar-refractivity contribution >= 4 is 15.9 Å². The second-order valence-corrected chi connectivity index (χ2v) is 7.28. The molecular formula is C15H28BrN3O. The van der Waals surface area contributed by atoms with Crippen molar-refractivity contribution in [3.05, 3.63) is 16.4 Å². The van der Waals surface area contributed by atoms with Gasteiger partial charge in [-0.25, -0.2) is 0 Å². The lowest BCUT2D eigenvalue weighted by Gasteiger charge is -2.37. The van der Waals surface area contributed by atoms with Crippen LogP contribution in [0, 0.1) is 5.41 Å². The summed E-state index contributed by atoms with van der Waals surface area (Å²) < 4.78 is 9.13. The maximum Gasteiger partial charge on any atom is 0.0833 e. The predicted octanol–water partition coefficient (Wildman–Crippen LogP) is 3.94. The fourth-order valence-corrected chi connectivity index (χ4v) is 3.03. The molecule has 0 amide bonds. The first-order valence-electron chi connectivity index (χ1n) is 7.25. The van der Waals surface area contributed by atoms with Crippen LogP contribution >= 0.6 is 15.9 Å². The van der Waals surface area contributed by atoms with Crippen molar-refractivity contribution in [1.29, 1.82) is 0 Å². The molecule has 20 heavy (non-hydrogen) atoms. The second kappa shape index (κ2) is 7.05. The zero-order chi connectivity index (χ0) is 15.5. The molecule has 0 spiro atoms. The molecule has 0 aliphatic rings. The Kier molecular flexibility index (Phi) is 6.23. The number of nitrogens with zero attached hydrogens (tertiary/aromatic N) is 2. The zero-order valence-corrected chi connectivity index (χ0v) is 15.3. The van der Waals surface area contributed by atoms with Crippen molar-refractivity contribution in [2.75, 3.05) is 13.7 Å². The highest BCUT2D eigenvalue weighted by molar-refractivity contribution is 9.10. The maximum atomic E-state index is 6.05. The van der Waals surface area contributed by atoms with Gasteiger partial charge >= 0.3 is 0 Å². The molecule has 0 fully saturated rings. The molecule has 1 aromatic heterocycles. The van der Waals surface area contributed by atoms with Crippen molar-refractivity contribution in [1.82, 2.24) is 15.1 Å². The lowest BCUT2D eigenvalue weighted by Crippen LogP contribution is -2.42. The molecule has 5 heteroatoms. The van der Waals surface area contributed by atoms with Gasteiger partial charge in [0.25, 0.3) is 0 Å². The zero-order valence-electron chi connectivity index (χ0n) is 13.7. The number of rotatable bonds is 6. The minimum atomic E-state index is 0.0369. The van der Waals surface area contributed by atoms with Gasteiger partial charge in [-0.1, -0.05) is 20.8 Å². The number of ether oxygens (including phenoxy) is 1. The molecule has 4 nitrogen and oxygen atoms in total. The number of hydrogen-bond donors (Lipinski definition) is 1. The lowest BCUT2D eigenvalue weighted by atomic mass is 9.83. The number of hydrogen-bond acceptors (Lipinski definition) is 3. The van der Waals surface area contributed by atoms with Crippen LogP contribution in [-0.2, 0) is 4.74 Å². The molecule has 1 N–H and O–H groups in total. The fourth-order valence-electron chi connectivity index (χ4n) is 2.51. The fraction of sp³-hybridized carbons (Fsp3) is 0.800. The van der Waals surface area contributed by atoms with Crippen LogP contribution in [0.5, 0.6) is 0 Å². The van der Waals surface area contributed by atoms with E-state index in [0.717, 1.165) is 10.2 Å². The molecule has 2 atom stereocenters. The van der Waals surface area contributed by atoms with Crippen LogP contribution in [0.4, 0.5) is 0 Å². The monoisotopic (exact) mass is 345 g/mol. The molecule has 0 radical (unpaired) electrons. The smallest absolute Gasteiger partial charge is 0.0833 e. The normalized spacial score (nSPS) is 15.7. The Bertz CT molecular complexity index is 423. The van der Waals surface area contributed by atoms with Crippen LogP contribution in [0.1, 0.15) is 59.3 Å². The summed E-state index contributed by atoms with van der Waals surface area (Å²) >= 11 is 3.63. The van der Waals surface area contributed by atoms with Gasteiger partial charge in [-0.05, 0) is 49.2 Å². The van der Waals surface area contributed by atoms with Crippen LogP contribution in [0.2, 0.25) is 0 Å². The van der Waals surface area contributed by atoms with E-state index in [0.29, 0.717) is 12.6 Å². The van der Waals surface area contributed by atoms with E-state index in [4.69, 9.17) is 4.74 Å². The van der Waals surface area contributed by atoms with Gasteiger partial charge in [0.15, 0.2) is 0 Å². The quantitative estimate of drug-likeness (QED) is 0.848. The van der Waals surface area contributed by atoms with E-state index >= 15 is 0 Å². The third-order valence-electron chi connectivity index (χ3n) is 3.38. The molecule has 0 bridgehead atoms. The molecule has 1 aromatic rings. The summed E-state index contributed by atoms with van der Waals surface area (Å²) in [5.41, 5.74) is 1.19. The third-order valence-corrected chi connectivity index (χ3v) is 4.00. The molecule has 2 unspecified atom stereocenters. The van der Waals surface area contributed by atoms with Crippen LogP contribution in [-0.4, -0.2) is 29.5 Å². The molecular weight excluding hydrogens is 318 g/mol. The largest absolute Gasteiger partial charge is 0.376 e. The number of nitrogens with one attached hydrogen (secondary N) is 1. The second-order valence-electron chi connectivity index (χ2n) is 6.42. The van der Waals surface area contributed by atoms with E-state index in [1.807, 2.05) is 20.2 Å². The highest BCUT2D eigenvalue weighted by Gasteiger charge is 2.36. The molecule has 0 aliphatic heterocycles. The maximum absolute atomic E-state index is 6.05. The topological polar surface area (TPSA) is 39.1 Å². The first kappa shape index (κ1) is 17.7. The van der Waals surface area contributed by atoms with Crippen LogP contribution in [0.25, 0.3) is 0 Å². The van der Waals surface area contributed by atoms with E-state index in [1.54, 1.807) is 0 Å². The highest BCUT2D eigenvalue weighted by atomic mass is 79.9. The lowest BCUT2D eigenvalue weighted by molar-refractivity contribution is -0.0371. The van der Waals surface area contributed by atoms with E-state index in [-0.39, 0.29) is 17.6 Å². The first-order chi connectivity index (χ1) is 9.23. The van der Waals surface area contributed by atoms with Gasteiger partial charge in [0.05, 0.1) is 28.5 Å². The third kappa shape index (κ3) is 3.83. The van der Waals surface area contributed by atoms with E-state index < -0.39 is 0 Å². The molecule has 0 aliphatic carbocycles. The molecule has 0 aromatic carbocycles. The minimum Gasteiger partial charge on any atom is -0.376 e. The van der Waals surface area contributed by atoms with Crippen molar-refractivity contribution in [2.45, 2.75) is 59.7 Å². The predicted molar refractivity (Wildman–Crippen MR) is 87.0 cm³/mol. The Labute approximate surface area is 131 Å². The summed E-state index contributed by atoms with van der Waals surface area (Å²) in [6, 6.07) is 0.406. The van der Waals surface area contributed by atoms with Gasteiger partial charge in [-0.15, -0.1) is 0 Å². The Morgan fingerprint density at radius 2 is 2.00 bits per heavy atom. The van der Waals surface area contributed by atoms with Gasteiger partial charge in [0.2, 0.25) is 0 Å².